The van der Waals surface area contributed by atoms with Crippen LogP contribution in [0.2, 0.25) is 10.0 Å². The summed E-state index contributed by atoms with van der Waals surface area (Å²) in [7, 11) is 0. The van der Waals surface area contributed by atoms with Crippen molar-refractivity contribution in [1.29, 1.82) is 0 Å². The van der Waals surface area contributed by atoms with Crippen molar-refractivity contribution >= 4 is 29.2 Å². The number of hydrogen-bond donors (Lipinski definition) is 2. The summed E-state index contributed by atoms with van der Waals surface area (Å²) in [6.07, 6.45) is 3.60. The lowest BCUT2D eigenvalue weighted by Gasteiger charge is -2.10. The summed E-state index contributed by atoms with van der Waals surface area (Å²) in [6, 6.07) is 11.5. The molecule has 2 heterocycles. The summed E-state index contributed by atoms with van der Waals surface area (Å²) in [6.45, 7) is 3.39. The Morgan fingerprint density at radius 2 is 2.00 bits per heavy atom. The number of nitrogens with zero attached hydrogens (tertiary/aromatic N) is 3. The highest BCUT2D eigenvalue weighted by Gasteiger charge is 2.31. The smallest absolute Gasteiger partial charge is 0.341 e. The van der Waals surface area contributed by atoms with Gasteiger partial charge in [-0.25, -0.2) is 0 Å². The third-order valence-corrected chi connectivity index (χ3v) is 6.33. The molecule has 1 aromatic heterocycles. The molecule has 1 fully saturated rings. The minimum Gasteiger partial charge on any atom is -1.00 e. The normalized spacial score (nSPS) is 15.4. The van der Waals surface area contributed by atoms with Crippen LogP contribution in [0.3, 0.4) is 0 Å². The van der Waals surface area contributed by atoms with E-state index in [1.807, 2.05) is 47.9 Å². The zero-order valence-electron chi connectivity index (χ0n) is 18.2. The third-order valence-electron chi connectivity index (χ3n) is 5.60. The molecular formula is C23H26Cl3N5O2. The maximum absolute atomic E-state index is 6.07. The Morgan fingerprint density at radius 3 is 2.73 bits per heavy atom. The van der Waals surface area contributed by atoms with Crippen LogP contribution >= 0.6 is 23.2 Å². The molecule has 0 saturated carbocycles. The molecule has 0 spiro atoms. The van der Waals surface area contributed by atoms with Gasteiger partial charge in [-0.05, 0) is 74.1 Å². The number of halogens is 3. The molecule has 1 aliphatic heterocycles. The van der Waals surface area contributed by atoms with Gasteiger partial charge in [-0.2, -0.15) is 4.98 Å². The molecule has 1 saturated heterocycles. The topological polar surface area (TPSA) is 103 Å². The quantitative estimate of drug-likeness (QED) is 0.284. The minimum atomic E-state index is -0.0690. The van der Waals surface area contributed by atoms with Crippen molar-refractivity contribution in [3.63, 3.8) is 0 Å². The highest BCUT2D eigenvalue weighted by molar-refractivity contribution is 6.42. The average molecular weight is 511 g/mol. The van der Waals surface area contributed by atoms with Gasteiger partial charge in [0.05, 0.1) is 23.2 Å². The van der Waals surface area contributed by atoms with E-state index < -0.39 is 0 Å². The van der Waals surface area contributed by atoms with E-state index in [-0.39, 0.29) is 24.4 Å². The Kier molecular flexibility index (Phi) is 8.46. The second-order valence-electron chi connectivity index (χ2n) is 7.91. The molecule has 3 aromatic rings. The number of rotatable bonds is 7. The van der Waals surface area contributed by atoms with Crippen molar-refractivity contribution in [2.24, 2.45) is 11.5 Å². The summed E-state index contributed by atoms with van der Waals surface area (Å²) >= 11 is 12.0. The Morgan fingerprint density at radius 1 is 1.18 bits per heavy atom. The van der Waals surface area contributed by atoms with Crippen LogP contribution in [0.5, 0.6) is 5.75 Å². The highest BCUT2D eigenvalue weighted by Crippen LogP contribution is 2.30. The van der Waals surface area contributed by atoms with Gasteiger partial charge in [0.2, 0.25) is 5.82 Å². The van der Waals surface area contributed by atoms with E-state index >= 15 is 0 Å². The van der Waals surface area contributed by atoms with Crippen LogP contribution < -0.4 is 28.6 Å². The van der Waals surface area contributed by atoms with E-state index in [4.69, 9.17) is 43.9 Å². The van der Waals surface area contributed by atoms with Gasteiger partial charge in [-0.3, -0.25) is 16.0 Å². The van der Waals surface area contributed by atoms with Crippen molar-refractivity contribution < 1.29 is 26.2 Å². The standard InChI is InChI=1S/C23H25Cl2N5O2.ClH/c1-14-12-16(21-28-22(32-29-21)19-5-2-10-30(19)23(26)27)7-9-20(14)31-11-3-4-15-6-8-17(24)18(25)13-15;/h6-9,12-13,19H,2-5,10-11H2,1H3,(H3,26,27);1H/t19-;/m0./s1. The van der Waals surface area contributed by atoms with E-state index in [1.54, 1.807) is 0 Å². The molecule has 0 aliphatic carbocycles. The number of hydrogen-bond acceptors (Lipinski definition) is 4. The number of ether oxygens (including phenoxy) is 1. The van der Waals surface area contributed by atoms with Crippen molar-refractivity contribution in [2.75, 3.05) is 13.2 Å². The molecule has 4 N–H and O–H groups in total. The molecule has 33 heavy (non-hydrogen) atoms. The summed E-state index contributed by atoms with van der Waals surface area (Å²) in [4.78, 5) is 4.58. The van der Waals surface area contributed by atoms with Crippen molar-refractivity contribution in [3.05, 3.63) is 63.5 Å². The van der Waals surface area contributed by atoms with E-state index in [0.29, 0.717) is 28.4 Å². The van der Waals surface area contributed by atoms with Crippen molar-refractivity contribution in [3.8, 4) is 17.1 Å². The number of aromatic nitrogens is 2. The molecule has 0 bridgehead atoms. The SMILES string of the molecule is Cc1cc(-c2noc([C@@H]3CCC[N+]3=C(N)N)n2)ccc1OCCCc1ccc(Cl)c(Cl)c1.[Cl-]. The minimum absolute atomic E-state index is 0. The molecule has 7 nitrogen and oxygen atoms in total. The molecule has 1 atom stereocenters. The van der Waals surface area contributed by atoms with E-state index in [0.717, 1.165) is 54.7 Å². The molecule has 176 valence electrons. The van der Waals surface area contributed by atoms with Crippen LogP contribution in [0.15, 0.2) is 40.9 Å². The zero-order valence-corrected chi connectivity index (χ0v) is 20.5. The fourth-order valence-electron chi connectivity index (χ4n) is 3.92. The molecule has 10 heteroatoms. The van der Waals surface area contributed by atoms with Crippen LogP contribution in [-0.4, -0.2) is 33.8 Å². The lowest BCUT2D eigenvalue weighted by Crippen LogP contribution is -3.00. The summed E-state index contributed by atoms with van der Waals surface area (Å²) < 4.78 is 13.4. The lowest BCUT2D eigenvalue weighted by atomic mass is 10.1. The predicted octanol–water partition coefficient (Wildman–Crippen LogP) is 1.49. The van der Waals surface area contributed by atoms with Crippen LogP contribution in [0.4, 0.5) is 0 Å². The largest absolute Gasteiger partial charge is 1.00 e. The van der Waals surface area contributed by atoms with Gasteiger partial charge in [-0.15, -0.1) is 0 Å². The Labute approximate surface area is 209 Å². The fraction of sp³-hybridized carbons (Fsp3) is 0.348. The van der Waals surface area contributed by atoms with Gasteiger partial charge in [0.15, 0.2) is 6.04 Å². The van der Waals surface area contributed by atoms with Crippen molar-refractivity contribution in [2.45, 2.75) is 38.6 Å². The third kappa shape index (κ3) is 5.91. The molecule has 0 radical (unpaired) electrons. The second-order valence-corrected chi connectivity index (χ2v) is 8.73. The predicted molar refractivity (Wildman–Crippen MR) is 125 cm³/mol. The highest BCUT2D eigenvalue weighted by atomic mass is 35.5. The van der Waals surface area contributed by atoms with Crippen LogP contribution in [0, 0.1) is 6.92 Å². The number of aryl methyl sites for hydroxylation is 2. The maximum Gasteiger partial charge on any atom is 0.341 e. The van der Waals surface area contributed by atoms with E-state index in [1.165, 1.54) is 0 Å². The second kappa shape index (κ2) is 11.1. The number of guanidine groups is 1. The fourth-order valence-corrected chi connectivity index (χ4v) is 4.24. The van der Waals surface area contributed by atoms with Crippen LogP contribution in [-0.2, 0) is 6.42 Å². The molecule has 1 aliphatic rings. The monoisotopic (exact) mass is 509 g/mol. The van der Waals surface area contributed by atoms with Crippen LogP contribution in [0.1, 0.15) is 42.3 Å². The number of nitrogens with two attached hydrogens (primary N) is 2. The molecule has 4 rings (SSSR count). The van der Waals surface area contributed by atoms with Gasteiger partial charge in [0.1, 0.15) is 5.75 Å². The maximum atomic E-state index is 6.07. The first-order valence-corrected chi connectivity index (χ1v) is 11.3. The van der Waals surface area contributed by atoms with Crippen LogP contribution in [0.25, 0.3) is 11.4 Å². The zero-order chi connectivity index (χ0) is 22.7. The van der Waals surface area contributed by atoms with Gasteiger partial charge < -0.3 is 21.7 Å². The number of benzene rings is 2. The summed E-state index contributed by atoms with van der Waals surface area (Å²) in [5, 5.41) is 5.30. The Hall–Kier alpha value is -2.48. The first-order chi connectivity index (χ1) is 15.4. The molecular weight excluding hydrogens is 485 g/mol. The van der Waals surface area contributed by atoms with Gasteiger partial charge >= 0.3 is 5.96 Å². The van der Waals surface area contributed by atoms with Gasteiger partial charge in [0, 0.05) is 5.56 Å². The lowest BCUT2D eigenvalue weighted by molar-refractivity contribution is -0.555. The first kappa shape index (κ1) is 25.1. The van der Waals surface area contributed by atoms with Crippen molar-refractivity contribution in [1.82, 2.24) is 10.1 Å². The van der Waals surface area contributed by atoms with E-state index in [9.17, 15) is 0 Å². The Balaban J connectivity index is 0.00000306. The molecule has 0 amide bonds. The Bertz CT molecular complexity index is 1140. The summed E-state index contributed by atoms with van der Waals surface area (Å²) in [5.74, 6) is 2.19. The average Bonchev–Trinajstić information content (AvgIpc) is 3.44. The molecule has 0 unspecified atom stereocenters. The summed E-state index contributed by atoms with van der Waals surface area (Å²) in [5.41, 5.74) is 14.6. The first-order valence-electron chi connectivity index (χ1n) is 10.6. The molecule has 2 aromatic carbocycles. The van der Waals surface area contributed by atoms with Gasteiger partial charge in [-0.1, -0.05) is 34.4 Å². The van der Waals surface area contributed by atoms with Gasteiger partial charge in [0.25, 0.3) is 5.89 Å². The van der Waals surface area contributed by atoms with E-state index in [2.05, 4.69) is 10.1 Å².